The largest absolute Gasteiger partial charge is 0.490 e. The van der Waals surface area contributed by atoms with Crippen molar-refractivity contribution in [3.05, 3.63) is 75.7 Å². The van der Waals surface area contributed by atoms with Crippen molar-refractivity contribution >= 4 is 27.8 Å². The zero-order valence-electron chi connectivity index (χ0n) is 19.4. The lowest BCUT2D eigenvalue weighted by Crippen LogP contribution is -2.29. The second-order valence-electron chi connectivity index (χ2n) is 7.78. The topological polar surface area (TPSA) is 87.5 Å². The minimum atomic E-state index is -0.511. The first-order valence-corrected chi connectivity index (χ1v) is 12.0. The zero-order valence-corrected chi connectivity index (χ0v) is 21.0. The fraction of sp³-hybridized carbons (Fsp3) is 0.320. The van der Waals surface area contributed by atoms with Crippen LogP contribution in [-0.4, -0.2) is 33.9 Å². The van der Waals surface area contributed by atoms with E-state index in [0.717, 1.165) is 22.0 Å². The smallest absolute Gasteiger partial charge is 0.338 e. The summed E-state index contributed by atoms with van der Waals surface area (Å²) in [4.78, 5) is 17.3. The van der Waals surface area contributed by atoms with Gasteiger partial charge in [0.15, 0.2) is 11.5 Å². The van der Waals surface area contributed by atoms with Crippen molar-refractivity contribution in [3.63, 3.8) is 0 Å². The third-order valence-corrected chi connectivity index (χ3v) is 5.87. The molecule has 1 N–H and O–H groups in total. The lowest BCUT2D eigenvalue weighted by Gasteiger charge is -2.28. The fourth-order valence-corrected chi connectivity index (χ4v) is 4.02. The maximum Gasteiger partial charge on any atom is 0.338 e. The molecule has 2 heterocycles. The third-order valence-electron chi connectivity index (χ3n) is 5.34. The van der Waals surface area contributed by atoms with Crippen molar-refractivity contribution in [1.29, 1.82) is 0 Å². The summed E-state index contributed by atoms with van der Waals surface area (Å²) in [5.41, 5.74) is 3.02. The lowest BCUT2D eigenvalue weighted by atomic mass is 9.95. The average Bonchev–Trinajstić information content (AvgIpc) is 3.30. The van der Waals surface area contributed by atoms with Crippen LogP contribution in [0.5, 0.6) is 11.5 Å². The van der Waals surface area contributed by atoms with Crippen LogP contribution in [0.15, 0.2) is 64.5 Å². The number of halogens is 1. The predicted octanol–water partition coefficient (Wildman–Crippen LogP) is 5.26. The van der Waals surface area contributed by atoms with E-state index in [-0.39, 0.29) is 5.97 Å². The number of nitrogens with one attached hydrogen (secondary N) is 1. The Bertz CT molecular complexity index is 1190. The molecule has 3 aromatic rings. The highest BCUT2D eigenvalue weighted by Gasteiger charge is 2.34. The normalized spacial score (nSPS) is 14.9. The van der Waals surface area contributed by atoms with E-state index in [0.29, 0.717) is 48.5 Å². The van der Waals surface area contributed by atoms with Crippen LogP contribution in [0.4, 0.5) is 5.95 Å². The molecule has 9 heteroatoms. The van der Waals surface area contributed by atoms with Gasteiger partial charge in [-0.1, -0.05) is 41.1 Å². The lowest BCUT2D eigenvalue weighted by molar-refractivity contribution is -0.139. The molecule has 2 aromatic carbocycles. The molecule has 8 nitrogen and oxygen atoms in total. The molecule has 4 rings (SSSR count). The van der Waals surface area contributed by atoms with E-state index in [1.807, 2.05) is 63.2 Å². The maximum atomic E-state index is 13.0. The molecule has 0 amide bonds. The van der Waals surface area contributed by atoms with Crippen LogP contribution in [0.3, 0.4) is 0 Å². The molecule has 0 bridgehead atoms. The van der Waals surface area contributed by atoms with Crippen molar-refractivity contribution in [1.82, 2.24) is 14.8 Å². The highest BCUT2D eigenvalue weighted by atomic mass is 79.9. The van der Waals surface area contributed by atoms with Crippen LogP contribution < -0.4 is 14.8 Å². The summed E-state index contributed by atoms with van der Waals surface area (Å²) in [6.45, 7) is 6.94. The molecule has 0 aliphatic carbocycles. The molecule has 0 fully saturated rings. The number of carbonyl (C=O) groups is 1. The van der Waals surface area contributed by atoms with Crippen molar-refractivity contribution in [2.24, 2.45) is 0 Å². The molecular formula is C25H27BrN4O4. The Morgan fingerprint density at radius 3 is 2.65 bits per heavy atom. The van der Waals surface area contributed by atoms with E-state index in [1.54, 1.807) is 4.68 Å². The van der Waals surface area contributed by atoms with Crippen LogP contribution in [0.1, 0.15) is 44.4 Å². The Hall–Kier alpha value is -3.33. The Kier molecular flexibility index (Phi) is 7.52. The molecule has 1 atom stereocenters. The van der Waals surface area contributed by atoms with Gasteiger partial charge in [0.2, 0.25) is 5.95 Å². The number of benzene rings is 2. The molecule has 1 aliphatic heterocycles. The SMILES string of the molecule is CCCOC(=O)C1=C(C)Nc2ncnn2C1c1ccc(OCc2ccc(Br)cc2)c(OCC)c1. The second kappa shape index (κ2) is 10.7. The maximum absolute atomic E-state index is 13.0. The number of anilines is 1. The van der Waals surface area contributed by atoms with Crippen LogP contribution in [-0.2, 0) is 16.1 Å². The van der Waals surface area contributed by atoms with Gasteiger partial charge >= 0.3 is 5.97 Å². The monoisotopic (exact) mass is 526 g/mol. The van der Waals surface area contributed by atoms with Crippen molar-refractivity contribution in [2.45, 2.75) is 39.8 Å². The van der Waals surface area contributed by atoms with E-state index in [4.69, 9.17) is 14.2 Å². The predicted molar refractivity (Wildman–Crippen MR) is 132 cm³/mol. The van der Waals surface area contributed by atoms with Gasteiger partial charge < -0.3 is 19.5 Å². The number of ether oxygens (including phenoxy) is 3. The van der Waals surface area contributed by atoms with E-state index < -0.39 is 6.04 Å². The summed E-state index contributed by atoms with van der Waals surface area (Å²) in [5, 5.41) is 7.52. The molecule has 1 aromatic heterocycles. The van der Waals surface area contributed by atoms with Crippen LogP contribution in [0.25, 0.3) is 0 Å². The summed E-state index contributed by atoms with van der Waals surface area (Å²) in [5.74, 6) is 1.39. The number of aromatic nitrogens is 3. The van der Waals surface area contributed by atoms with Crippen LogP contribution in [0.2, 0.25) is 0 Å². The summed E-state index contributed by atoms with van der Waals surface area (Å²) in [6.07, 6.45) is 2.20. The van der Waals surface area contributed by atoms with Gasteiger partial charge in [-0.3, -0.25) is 0 Å². The first kappa shape index (κ1) is 23.8. The molecule has 0 spiro atoms. The summed E-state index contributed by atoms with van der Waals surface area (Å²) in [6, 6.07) is 13.1. The van der Waals surface area contributed by atoms with Gasteiger partial charge in [-0.05, 0) is 55.7 Å². The number of esters is 1. The van der Waals surface area contributed by atoms with Crippen LogP contribution >= 0.6 is 15.9 Å². The number of carbonyl (C=O) groups excluding carboxylic acids is 1. The van der Waals surface area contributed by atoms with Gasteiger partial charge in [0.25, 0.3) is 0 Å². The molecule has 34 heavy (non-hydrogen) atoms. The van der Waals surface area contributed by atoms with Gasteiger partial charge in [-0.15, -0.1) is 0 Å². The van der Waals surface area contributed by atoms with Crippen molar-refractivity contribution < 1.29 is 19.0 Å². The standard InChI is InChI=1S/C25H27BrN4O4/c1-4-12-33-24(31)22-16(3)29-25-27-15-28-30(25)23(22)18-8-11-20(21(13-18)32-5-2)34-14-17-6-9-19(26)10-7-17/h6-11,13,15,23H,4-5,12,14H2,1-3H3,(H,27,28,29). The third kappa shape index (κ3) is 5.09. The Morgan fingerprint density at radius 2 is 1.91 bits per heavy atom. The molecular weight excluding hydrogens is 500 g/mol. The molecule has 178 valence electrons. The van der Waals surface area contributed by atoms with E-state index in [2.05, 4.69) is 31.3 Å². The number of hydrogen-bond acceptors (Lipinski definition) is 7. The molecule has 1 unspecified atom stereocenters. The van der Waals surface area contributed by atoms with Gasteiger partial charge in [0.05, 0.1) is 18.8 Å². The summed E-state index contributed by atoms with van der Waals surface area (Å²) >= 11 is 3.45. The number of nitrogens with zero attached hydrogens (tertiary/aromatic N) is 3. The van der Waals surface area contributed by atoms with Crippen LogP contribution in [0, 0.1) is 0 Å². The van der Waals surface area contributed by atoms with Crippen molar-refractivity contribution in [3.8, 4) is 11.5 Å². The van der Waals surface area contributed by atoms with Gasteiger partial charge in [0, 0.05) is 10.2 Å². The average molecular weight is 527 g/mol. The van der Waals surface area contributed by atoms with E-state index in [1.165, 1.54) is 6.33 Å². The molecule has 1 aliphatic rings. The first-order valence-electron chi connectivity index (χ1n) is 11.2. The van der Waals surface area contributed by atoms with Crippen molar-refractivity contribution in [2.75, 3.05) is 18.5 Å². The van der Waals surface area contributed by atoms with E-state index in [9.17, 15) is 4.79 Å². The molecule has 0 radical (unpaired) electrons. The first-order chi connectivity index (χ1) is 16.5. The Balaban J connectivity index is 1.68. The quantitative estimate of drug-likeness (QED) is 0.380. The van der Waals surface area contributed by atoms with Gasteiger partial charge in [-0.2, -0.15) is 10.1 Å². The van der Waals surface area contributed by atoms with Gasteiger partial charge in [-0.25, -0.2) is 9.48 Å². The molecule has 0 saturated heterocycles. The minimum absolute atomic E-state index is 0.347. The number of fused-ring (bicyclic) bond motifs is 1. The highest BCUT2D eigenvalue weighted by molar-refractivity contribution is 9.10. The molecule has 0 saturated carbocycles. The number of rotatable bonds is 9. The summed E-state index contributed by atoms with van der Waals surface area (Å²) in [7, 11) is 0. The minimum Gasteiger partial charge on any atom is -0.490 e. The Labute approximate surface area is 207 Å². The van der Waals surface area contributed by atoms with E-state index >= 15 is 0 Å². The number of allylic oxidation sites excluding steroid dienone is 1. The zero-order chi connectivity index (χ0) is 24.1. The summed E-state index contributed by atoms with van der Waals surface area (Å²) < 4.78 is 20.2. The second-order valence-corrected chi connectivity index (χ2v) is 8.70. The highest BCUT2D eigenvalue weighted by Crippen LogP contribution is 2.39. The fourth-order valence-electron chi connectivity index (χ4n) is 3.76. The Morgan fingerprint density at radius 1 is 1.12 bits per heavy atom. The number of hydrogen-bond donors (Lipinski definition) is 1. The van der Waals surface area contributed by atoms with Gasteiger partial charge in [0.1, 0.15) is 19.0 Å².